The first kappa shape index (κ1) is 28.9. The van der Waals surface area contributed by atoms with Gasteiger partial charge in [0.25, 0.3) is 5.91 Å². The van der Waals surface area contributed by atoms with Crippen LogP contribution in [0.3, 0.4) is 0 Å². The van der Waals surface area contributed by atoms with Gasteiger partial charge in [0.05, 0.1) is 35.1 Å². The third kappa shape index (κ3) is 7.65. The number of hydrogen-bond acceptors (Lipinski definition) is 7. The number of pyridine rings is 1. The van der Waals surface area contributed by atoms with E-state index in [-0.39, 0.29) is 23.9 Å². The van der Waals surface area contributed by atoms with E-state index in [1.165, 1.54) is 18.1 Å². The second-order valence-corrected chi connectivity index (χ2v) is 10.1. The van der Waals surface area contributed by atoms with Gasteiger partial charge in [-0.2, -0.15) is 0 Å². The van der Waals surface area contributed by atoms with Gasteiger partial charge in [0.2, 0.25) is 0 Å². The summed E-state index contributed by atoms with van der Waals surface area (Å²) in [4.78, 5) is 44.5. The lowest BCUT2D eigenvalue weighted by Gasteiger charge is -2.28. The van der Waals surface area contributed by atoms with E-state index in [4.69, 9.17) is 50.7 Å². The van der Waals surface area contributed by atoms with Crippen molar-refractivity contribution >= 4 is 70.1 Å². The summed E-state index contributed by atoms with van der Waals surface area (Å²) in [5.74, 6) is 0.840. The number of rotatable bonds is 9. The molecule has 0 saturated carbocycles. The van der Waals surface area contributed by atoms with Crippen LogP contribution in [0.25, 0.3) is 0 Å². The second kappa shape index (κ2) is 13.7. The number of nitrogens with zero attached hydrogens (tertiary/aromatic N) is 2. The van der Waals surface area contributed by atoms with E-state index in [2.05, 4.69) is 10.9 Å². The monoisotopic (exact) mass is 580 g/mol. The maximum atomic E-state index is 14.0. The zero-order chi connectivity index (χ0) is 26.9. The molecule has 0 bridgehead atoms. The highest BCUT2D eigenvalue weighted by Gasteiger charge is 2.30. The molecular formula is C26H23Cl3N2O5S. The number of amides is 1. The largest absolute Gasteiger partial charge is 0.468 e. The number of carbonyl (C=O) groups is 3. The molecule has 7 nitrogen and oxygen atoms in total. The Bertz CT molecular complexity index is 1260. The Morgan fingerprint density at radius 2 is 1.84 bits per heavy atom. The number of methoxy groups -OCH3 is 1. The molecule has 0 atom stereocenters. The Balaban J connectivity index is 2.08. The maximum Gasteiger partial charge on any atom is 0.335 e. The van der Waals surface area contributed by atoms with Crippen molar-refractivity contribution in [3.8, 4) is 12.3 Å². The van der Waals surface area contributed by atoms with E-state index in [1.807, 2.05) is 0 Å². The van der Waals surface area contributed by atoms with Crippen LogP contribution < -0.4 is 4.90 Å². The van der Waals surface area contributed by atoms with Gasteiger partial charge in [-0.05, 0) is 49.4 Å². The Morgan fingerprint density at radius 1 is 1.11 bits per heavy atom. The zero-order valence-electron chi connectivity index (χ0n) is 19.9. The van der Waals surface area contributed by atoms with Crippen molar-refractivity contribution in [1.82, 2.24) is 4.98 Å². The molecule has 1 aliphatic rings. The fourth-order valence-corrected chi connectivity index (χ4v) is 5.25. The number of esters is 2. The van der Waals surface area contributed by atoms with Crippen LogP contribution in [0.1, 0.15) is 31.2 Å². The number of hydrogen-bond donors (Lipinski definition) is 0. The molecule has 3 rings (SSSR count). The lowest BCUT2D eigenvalue weighted by molar-refractivity contribution is -0.138. The fourth-order valence-electron chi connectivity index (χ4n) is 3.70. The quantitative estimate of drug-likeness (QED) is 0.158. The molecule has 37 heavy (non-hydrogen) atoms. The molecule has 2 aromatic rings. The van der Waals surface area contributed by atoms with Crippen molar-refractivity contribution in [2.24, 2.45) is 0 Å². The summed E-state index contributed by atoms with van der Waals surface area (Å²) in [7, 11) is 1.29. The molecule has 1 aromatic carbocycles. The molecule has 1 heterocycles. The topological polar surface area (TPSA) is 85.8 Å². The zero-order valence-corrected chi connectivity index (χ0v) is 23.0. The van der Waals surface area contributed by atoms with Crippen molar-refractivity contribution < 1.29 is 23.9 Å². The number of thioether (sulfide) groups is 1. The molecule has 0 fully saturated rings. The van der Waals surface area contributed by atoms with Crippen LogP contribution in [-0.4, -0.2) is 42.3 Å². The standard InChI is InChI=1S/C26H23Cl3N2O5S/c1-3-10-36-26(34)18-7-5-4-6-17(18)25(33)31(14-16-8-9-23(29)30-13-16)21-12-22(20(28)11-19(21)27)37-15-24(32)35-2/h1,8-9,11-13H,4-7,10,14-15H2,2H3. The van der Waals surface area contributed by atoms with E-state index in [0.717, 1.165) is 24.6 Å². The molecule has 0 spiro atoms. The Kier molecular flexibility index (Phi) is 10.7. The molecule has 0 aliphatic heterocycles. The number of aromatic nitrogens is 1. The number of terminal acetylenes is 1. The van der Waals surface area contributed by atoms with Crippen LogP contribution in [0.2, 0.25) is 15.2 Å². The van der Waals surface area contributed by atoms with Gasteiger partial charge in [-0.15, -0.1) is 18.2 Å². The molecule has 0 saturated heterocycles. The molecule has 1 amide bonds. The van der Waals surface area contributed by atoms with Crippen molar-refractivity contribution in [2.45, 2.75) is 37.1 Å². The van der Waals surface area contributed by atoms with Gasteiger partial charge in [-0.1, -0.05) is 46.8 Å². The van der Waals surface area contributed by atoms with Crippen molar-refractivity contribution in [3.05, 3.63) is 62.4 Å². The predicted octanol–water partition coefficient (Wildman–Crippen LogP) is 5.89. The summed E-state index contributed by atoms with van der Waals surface area (Å²) in [6, 6.07) is 6.50. The summed E-state index contributed by atoms with van der Waals surface area (Å²) < 4.78 is 9.84. The average molecular weight is 582 g/mol. The van der Waals surface area contributed by atoms with E-state index in [0.29, 0.717) is 50.3 Å². The van der Waals surface area contributed by atoms with E-state index >= 15 is 0 Å². The molecule has 11 heteroatoms. The molecule has 1 aromatic heterocycles. The summed E-state index contributed by atoms with van der Waals surface area (Å²) in [6.45, 7) is -0.102. The lowest BCUT2D eigenvalue weighted by Crippen LogP contribution is -2.34. The Morgan fingerprint density at radius 3 is 2.49 bits per heavy atom. The lowest BCUT2D eigenvalue weighted by atomic mass is 9.90. The first-order valence-corrected chi connectivity index (χ1v) is 13.3. The first-order chi connectivity index (χ1) is 17.7. The normalized spacial score (nSPS) is 13.1. The van der Waals surface area contributed by atoms with E-state index in [9.17, 15) is 14.4 Å². The Hall–Kier alpha value is -2.70. The summed E-state index contributed by atoms with van der Waals surface area (Å²) in [5, 5.41) is 0.843. The van der Waals surface area contributed by atoms with Gasteiger partial charge >= 0.3 is 11.9 Å². The highest BCUT2D eigenvalue weighted by atomic mass is 35.5. The van der Waals surface area contributed by atoms with Gasteiger partial charge in [-0.3, -0.25) is 9.59 Å². The van der Waals surface area contributed by atoms with Crippen LogP contribution in [0.4, 0.5) is 5.69 Å². The van der Waals surface area contributed by atoms with Crippen molar-refractivity contribution in [1.29, 1.82) is 0 Å². The second-order valence-electron chi connectivity index (χ2n) is 7.92. The molecular weight excluding hydrogens is 559 g/mol. The summed E-state index contributed by atoms with van der Waals surface area (Å²) in [6.07, 6.45) is 9.05. The van der Waals surface area contributed by atoms with Crippen LogP contribution in [0, 0.1) is 12.3 Å². The minimum absolute atomic E-state index is 0.0165. The SMILES string of the molecule is C#CCOC(=O)C1=C(C(=O)N(Cc2ccc(Cl)nc2)c2cc(SCC(=O)OC)c(Cl)cc2Cl)CCCC1. The van der Waals surface area contributed by atoms with Gasteiger partial charge in [0, 0.05) is 22.2 Å². The average Bonchev–Trinajstić information content (AvgIpc) is 2.90. The molecule has 194 valence electrons. The van der Waals surface area contributed by atoms with Crippen molar-refractivity contribution in [3.63, 3.8) is 0 Å². The first-order valence-electron chi connectivity index (χ1n) is 11.2. The fraction of sp³-hybridized carbons (Fsp3) is 0.308. The van der Waals surface area contributed by atoms with Crippen LogP contribution in [-0.2, 0) is 30.4 Å². The maximum absolute atomic E-state index is 14.0. The van der Waals surface area contributed by atoms with Gasteiger partial charge in [-0.25, -0.2) is 9.78 Å². The number of anilines is 1. The van der Waals surface area contributed by atoms with Crippen LogP contribution in [0.5, 0.6) is 0 Å². The Labute approximate surface area is 234 Å². The number of ether oxygens (including phenoxy) is 2. The number of carbonyl (C=O) groups excluding carboxylic acids is 3. The summed E-state index contributed by atoms with van der Waals surface area (Å²) in [5.41, 5.74) is 1.68. The van der Waals surface area contributed by atoms with Crippen LogP contribution in [0.15, 0.2) is 46.5 Å². The van der Waals surface area contributed by atoms with Gasteiger partial charge in [0.1, 0.15) is 5.15 Å². The third-order valence-corrected chi connectivity index (χ3v) is 7.48. The molecule has 0 radical (unpaired) electrons. The van der Waals surface area contributed by atoms with Gasteiger partial charge in [0.15, 0.2) is 6.61 Å². The highest BCUT2D eigenvalue weighted by molar-refractivity contribution is 8.00. The highest BCUT2D eigenvalue weighted by Crippen LogP contribution is 2.39. The third-order valence-electron chi connectivity index (χ3n) is 5.50. The number of benzene rings is 1. The minimum atomic E-state index is -0.606. The minimum Gasteiger partial charge on any atom is -0.468 e. The van der Waals surface area contributed by atoms with E-state index < -0.39 is 17.8 Å². The van der Waals surface area contributed by atoms with Crippen LogP contribution >= 0.6 is 46.6 Å². The number of halogens is 3. The molecule has 0 N–H and O–H groups in total. The van der Waals surface area contributed by atoms with E-state index in [1.54, 1.807) is 24.4 Å². The van der Waals surface area contributed by atoms with Crippen molar-refractivity contribution in [2.75, 3.05) is 24.4 Å². The van der Waals surface area contributed by atoms with Gasteiger partial charge < -0.3 is 14.4 Å². The smallest absolute Gasteiger partial charge is 0.335 e. The molecule has 0 unspecified atom stereocenters. The molecule has 1 aliphatic carbocycles. The predicted molar refractivity (Wildman–Crippen MR) is 145 cm³/mol. The summed E-state index contributed by atoms with van der Waals surface area (Å²) >= 11 is 20.1.